The van der Waals surface area contributed by atoms with Crippen molar-refractivity contribution in [1.29, 1.82) is 0 Å². The van der Waals surface area contributed by atoms with Crippen LogP contribution in [0, 0.1) is 10.1 Å². The third kappa shape index (κ3) is 9.29. The molecule has 1 aromatic carbocycles. The molecule has 0 fully saturated rings. The number of carbonyl (C=O) groups excluding carboxylic acids is 2. The quantitative estimate of drug-likeness (QED) is 0.246. The molecule has 0 N–H and O–H groups in total. The number of nitro groups is 1. The van der Waals surface area contributed by atoms with Gasteiger partial charge < -0.3 is 14.2 Å². The monoisotopic (exact) mass is 353 g/mol. The maximum atomic E-state index is 11.5. The highest BCUT2D eigenvalue weighted by Crippen LogP contribution is 2.17. The van der Waals surface area contributed by atoms with Crippen molar-refractivity contribution in [1.82, 2.24) is 0 Å². The van der Waals surface area contributed by atoms with Crippen LogP contribution in [0.4, 0.5) is 5.69 Å². The molecule has 0 aliphatic rings. The third-order valence-corrected chi connectivity index (χ3v) is 3.19. The number of hydrogen-bond donors (Lipinski definition) is 0. The highest BCUT2D eigenvalue weighted by molar-refractivity contribution is 5.72. The number of nitro benzene ring substituents is 1. The average molecular weight is 353 g/mol. The summed E-state index contributed by atoms with van der Waals surface area (Å²) < 4.78 is 15.3. The maximum Gasteiger partial charge on any atom is 0.305 e. The third-order valence-electron chi connectivity index (χ3n) is 3.19. The van der Waals surface area contributed by atoms with Crippen LogP contribution in [0.3, 0.4) is 0 Å². The molecule has 0 spiro atoms. The van der Waals surface area contributed by atoms with E-state index in [1.54, 1.807) is 0 Å². The smallest absolute Gasteiger partial charge is 0.305 e. The molecule has 8 heteroatoms. The van der Waals surface area contributed by atoms with Crippen LogP contribution < -0.4 is 4.74 Å². The summed E-state index contributed by atoms with van der Waals surface area (Å²) in [7, 11) is 0. The number of benzene rings is 1. The minimum Gasteiger partial charge on any atom is -0.490 e. The summed E-state index contributed by atoms with van der Waals surface area (Å²) in [6, 6.07) is 5.62. The zero-order chi connectivity index (χ0) is 18.5. The Morgan fingerprint density at radius 1 is 0.960 bits per heavy atom. The molecule has 0 radical (unpaired) electrons. The largest absolute Gasteiger partial charge is 0.490 e. The first-order valence-electron chi connectivity index (χ1n) is 8.21. The van der Waals surface area contributed by atoms with Gasteiger partial charge >= 0.3 is 11.9 Å². The van der Waals surface area contributed by atoms with Crippen molar-refractivity contribution < 1.29 is 28.7 Å². The molecular formula is C17H23NO7. The van der Waals surface area contributed by atoms with E-state index in [2.05, 4.69) is 0 Å². The summed E-state index contributed by atoms with van der Waals surface area (Å²) in [5.74, 6) is -0.257. The van der Waals surface area contributed by atoms with Crippen LogP contribution in [0.2, 0.25) is 0 Å². The van der Waals surface area contributed by atoms with Crippen LogP contribution in [-0.2, 0) is 19.1 Å². The highest BCUT2D eigenvalue weighted by Gasteiger charge is 2.08. The lowest BCUT2D eigenvalue weighted by atomic mass is 10.2. The van der Waals surface area contributed by atoms with Crippen molar-refractivity contribution in [3.8, 4) is 5.75 Å². The molecule has 1 aromatic rings. The predicted molar refractivity (Wildman–Crippen MR) is 89.3 cm³/mol. The van der Waals surface area contributed by atoms with E-state index < -0.39 is 10.9 Å². The van der Waals surface area contributed by atoms with Gasteiger partial charge in [0, 0.05) is 25.0 Å². The standard InChI is InChI=1S/C17H23NO7/c1-2-3-11-24-16(19)5-4-6-17(20)25-13-12-23-15-9-7-14(8-10-15)18(21)22/h7-10H,2-6,11-13H2,1H3. The number of esters is 2. The van der Waals surface area contributed by atoms with E-state index in [0.29, 0.717) is 18.8 Å². The Balaban J connectivity index is 2.08. The zero-order valence-electron chi connectivity index (χ0n) is 14.3. The summed E-state index contributed by atoms with van der Waals surface area (Å²) in [5, 5.41) is 10.5. The van der Waals surface area contributed by atoms with Crippen molar-refractivity contribution in [3.63, 3.8) is 0 Å². The van der Waals surface area contributed by atoms with Crippen LogP contribution >= 0.6 is 0 Å². The van der Waals surface area contributed by atoms with E-state index >= 15 is 0 Å². The fourth-order valence-corrected chi connectivity index (χ4v) is 1.83. The van der Waals surface area contributed by atoms with Crippen LogP contribution in [-0.4, -0.2) is 36.7 Å². The second-order valence-corrected chi connectivity index (χ2v) is 5.25. The molecule has 0 atom stereocenters. The molecule has 0 amide bonds. The zero-order valence-corrected chi connectivity index (χ0v) is 14.3. The summed E-state index contributed by atoms with van der Waals surface area (Å²) in [6.45, 7) is 2.63. The molecule has 0 aliphatic heterocycles. The maximum absolute atomic E-state index is 11.5. The van der Waals surface area contributed by atoms with Crippen LogP contribution in [0.1, 0.15) is 39.0 Å². The van der Waals surface area contributed by atoms with Crippen LogP contribution in [0.25, 0.3) is 0 Å². The lowest BCUT2D eigenvalue weighted by molar-refractivity contribution is -0.384. The number of rotatable bonds is 12. The number of unbranched alkanes of at least 4 members (excludes halogenated alkanes) is 1. The van der Waals surface area contributed by atoms with E-state index in [1.807, 2.05) is 6.92 Å². The summed E-state index contributed by atoms with van der Waals surface area (Å²) >= 11 is 0. The number of ether oxygens (including phenoxy) is 3. The molecule has 25 heavy (non-hydrogen) atoms. The van der Waals surface area contributed by atoms with Crippen molar-refractivity contribution in [2.45, 2.75) is 39.0 Å². The van der Waals surface area contributed by atoms with Gasteiger partial charge in [0.05, 0.1) is 11.5 Å². The molecule has 0 unspecified atom stereocenters. The van der Waals surface area contributed by atoms with Crippen LogP contribution in [0.15, 0.2) is 24.3 Å². The molecule has 0 heterocycles. The molecule has 0 saturated carbocycles. The van der Waals surface area contributed by atoms with E-state index in [-0.39, 0.29) is 37.7 Å². The second-order valence-electron chi connectivity index (χ2n) is 5.25. The Hall–Kier alpha value is -2.64. The lowest BCUT2D eigenvalue weighted by Gasteiger charge is -2.07. The molecule has 138 valence electrons. The number of non-ortho nitro benzene ring substituents is 1. The normalized spacial score (nSPS) is 10.1. The fourth-order valence-electron chi connectivity index (χ4n) is 1.83. The second kappa shape index (κ2) is 11.8. The average Bonchev–Trinajstić information content (AvgIpc) is 2.59. The van der Waals surface area contributed by atoms with E-state index in [1.165, 1.54) is 24.3 Å². The number of carbonyl (C=O) groups is 2. The van der Waals surface area contributed by atoms with Gasteiger partial charge in [-0.25, -0.2) is 0 Å². The van der Waals surface area contributed by atoms with Gasteiger partial charge in [0.1, 0.15) is 19.0 Å². The van der Waals surface area contributed by atoms with Gasteiger partial charge in [-0.05, 0) is 25.0 Å². The molecule has 0 bridgehead atoms. The molecule has 0 saturated heterocycles. The lowest BCUT2D eigenvalue weighted by Crippen LogP contribution is -2.13. The fraction of sp³-hybridized carbons (Fsp3) is 0.529. The SMILES string of the molecule is CCCCOC(=O)CCCC(=O)OCCOc1ccc([N+](=O)[O-])cc1. The minimum atomic E-state index is -0.495. The summed E-state index contributed by atoms with van der Waals surface area (Å²) in [4.78, 5) is 32.9. The highest BCUT2D eigenvalue weighted by atomic mass is 16.6. The van der Waals surface area contributed by atoms with Crippen molar-refractivity contribution >= 4 is 17.6 Å². The first-order valence-corrected chi connectivity index (χ1v) is 8.21. The molecular weight excluding hydrogens is 330 g/mol. The first kappa shape index (κ1) is 20.4. The van der Waals surface area contributed by atoms with Crippen molar-refractivity contribution in [2.24, 2.45) is 0 Å². The van der Waals surface area contributed by atoms with E-state index in [0.717, 1.165) is 12.8 Å². The van der Waals surface area contributed by atoms with Gasteiger partial charge in [-0.15, -0.1) is 0 Å². The van der Waals surface area contributed by atoms with Crippen molar-refractivity contribution in [3.05, 3.63) is 34.4 Å². The molecule has 1 rings (SSSR count). The first-order chi connectivity index (χ1) is 12.0. The summed E-state index contributed by atoms with van der Waals surface area (Å²) in [5.41, 5.74) is -0.0213. The Labute approximate surface area is 146 Å². The predicted octanol–water partition coefficient (Wildman–Crippen LogP) is 3.03. The van der Waals surface area contributed by atoms with E-state index in [9.17, 15) is 19.7 Å². The van der Waals surface area contributed by atoms with Gasteiger partial charge in [0.25, 0.3) is 5.69 Å². The van der Waals surface area contributed by atoms with Gasteiger partial charge in [-0.1, -0.05) is 13.3 Å². The number of nitrogens with zero attached hydrogens (tertiary/aromatic N) is 1. The Kier molecular flexibility index (Phi) is 9.65. The topological polar surface area (TPSA) is 105 Å². The molecule has 8 nitrogen and oxygen atoms in total. The molecule has 0 aromatic heterocycles. The molecule has 0 aliphatic carbocycles. The van der Waals surface area contributed by atoms with Gasteiger partial charge in [0.15, 0.2) is 0 Å². The minimum absolute atomic E-state index is 0.0213. The Morgan fingerprint density at radius 3 is 2.12 bits per heavy atom. The van der Waals surface area contributed by atoms with E-state index in [4.69, 9.17) is 14.2 Å². The number of hydrogen-bond acceptors (Lipinski definition) is 7. The van der Waals surface area contributed by atoms with Gasteiger partial charge in [-0.3, -0.25) is 19.7 Å². The van der Waals surface area contributed by atoms with Crippen molar-refractivity contribution in [2.75, 3.05) is 19.8 Å². The van der Waals surface area contributed by atoms with Crippen LogP contribution in [0.5, 0.6) is 5.75 Å². The van der Waals surface area contributed by atoms with Gasteiger partial charge in [-0.2, -0.15) is 0 Å². The summed E-state index contributed by atoms with van der Waals surface area (Å²) in [6.07, 6.45) is 2.51. The Morgan fingerprint density at radius 2 is 1.56 bits per heavy atom. The van der Waals surface area contributed by atoms with Gasteiger partial charge in [0.2, 0.25) is 0 Å². The Bertz CT molecular complexity index is 557.